The van der Waals surface area contributed by atoms with Crippen LogP contribution in [0.1, 0.15) is 19.8 Å². The van der Waals surface area contributed by atoms with E-state index in [1.54, 1.807) is 9.96 Å². The van der Waals surface area contributed by atoms with E-state index in [1.165, 1.54) is 11.8 Å². The Morgan fingerprint density at radius 1 is 1.22 bits per heavy atom. The van der Waals surface area contributed by atoms with Crippen molar-refractivity contribution in [3.05, 3.63) is 23.8 Å². The van der Waals surface area contributed by atoms with Crippen LogP contribution in [0.3, 0.4) is 0 Å². The predicted octanol–water partition coefficient (Wildman–Crippen LogP) is 1.72. The Kier molecular flexibility index (Phi) is 8.74. The smallest absolute Gasteiger partial charge is 0.414 e. The molecule has 1 aromatic rings. The number of hydrogen-bond donors (Lipinski definition) is 1. The van der Waals surface area contributed by atoms with E-state index < -0.39 is 23.8 Å². The van der Waals surface area contributed by atoms with Gasteiger partial charge in [-0.3, -0.25) is 9.74 Å². The number of carbonyl (C=O) groups is 2. The third kappa shape index (κ3) is 6.35. The zero-order valence-corrected chi connectivity index (χ0v) is 18.1. The topological polar surface area (TPSA) is 91.8 Å². The maximum absolute atomic E-state index is 14.9. The van der Waals surface area contributed by atoms with Gasteiger partial charge in [-0.15, -0.1) is 0 Å². The molecule has 2 fully saturated rings. The van der Waals surface area contributed by atoms with Crippen LogP contribution in [0, 0.1) is 11.6 Å². The molecule has 2 aliphatic heterocycles. The van der Waals surface area contributed by atoms with E-state index >= 15 is 0 Å². The summed E-state index contributed by atoms with van der Waals surface area (Å²) in [5.74, 6) is -1.57. The van der Waals surface area contributed by atoms with Gasteiger partial charge in [0.1, 0.15) is 17.6 Å². The van der Waals surface area contributed by atoms with Crippen LogP contribution in [0.2, 0.25) is 0 Å². The van der Waals surface area contributed by atoms with Crippen LogP contribution in [0.15, 0.2) is 12.1 Å². The summed E-state index contributed by atoms with van der Waals surface area (Å²) in [6.07, 6.45) is -0.537. The number of aliphatic hydroxyl groups excluding tert-OH is 1. The molecule has 2 saturated heterocycles. The van der Waals surface area contributed by atoms with E-state index in [2.05, 4.69) is 0 Å². The lowest BCUT2D eigenvalue weighted by Crippen LogP contribution is -2.33. The quantitative estimate of drug-likeness (QED) is 0.531. The van der Waals surface area contributed by atoms with Gasteiger partial charge >= 0.3 is 6.09 Å². The minimum absolute atomic E-state index is 0.0152. The number of carbonyl (C=O) groups excluding carboxylic acids is 2. The zero-order chi connectivity index (χ0) is 23.1. The van der Waals surface area contributed by atoms with Crippen molar-refractivity contribution < 1.29 is 37.8 Å². The van der Waals surface area contributed by atoms with Gasteiger partial charge in [-0.25, -0.2) is 13.6 Å². The number of nitrogens with zero attached hydrogens (tertiary/aromatic N) is 3. The van der Waals surface area contributed by atoms with Gasteiger partial charge in [-0.1, -0.05) is 0 Å². The lowest BCUT2D eigenvalue weighted by molar-refractivity contribution is -0.156. The highest BCUT2D eigenvalue weighted by molar-refractivity contribution is 5.90. The van der Waals surface area contributed by atoms with Crippen molar-refractivity contribution >= 4 is 23.3 Å². The van der Waals surface area contributed by atoms with Crippen molar-refractivity contribution in [1.29, 1.82) is 0 Å². The molecule has 178 valence electrons. The molecule has 0 spiro atoms. The number of aliphatic hydroxyl groups is 1. The van der Waals surface area contributed by atoms with Crippen LogP contribution >= 0.6 is 0 Å². The summed E-state index contributed by atoms with van der Waals surface area (Å²) in [4.78, 5) is 31.7. The van der Waals surface area contributed by atoms with Gasteiger partial charge in [0.15, 0.2) is 11.6 Å². The number of ether oxygens (including phenoxy) is 2. The number of Topliss-reactive ketones (excluding diaryl/α,β-unsaturated/α-hetero) is 1. The number of rotatable bonds is 10. The van der Waals surface area contributed by atoms with E-state index in [0.29, 0.717) is 39.2 Å². The largest absolute Gasteiger partial charge is 0.444 e. The number of benzene rings is 1. The lowest BCUT2D eigenvalue weighted by atomic mass is 10.1. The van der Waals surface area contributed by atoms with Gasteiger partial charge in [0.05, 0.1) is 38.7 Å². The fraction of sp³-hybridized carbons (Fsp3) is 0.619. The predicted molar refractivity (Wildman–Crippen MR) is 112 cm³/mol. The maximum atomic E-state index is 14.9. The normalized spacial score (nSPS) is 19.9. The van der Waals surface area contributed by atoms with Crippen molar-refractivity contribution in [3.8, 4) is 0 Å². The first kappa shape index (κ1) is 24.3. The fourth-order valence-electron chi connectivity index (χ4n) is 3.68. The average molecular weight is 457 g/mol. The minimum atomic E-state index is -0.778. The Morgan fingerprint density at radius 2 is 1.97 bits per heavy atom. The molecule has 1 aromatic carbocycles. The second kappa shape index (κ2) is 11.5. The van der Waals surface area contributed by atoms with Gasteiger partial charge in [0.2, 0.25) is 0 Å². The van der Waals surface area contributed by atoms with Crippen molar-refractivity contribution in [2.75, 3.05) is 69.0 Å². The molecule has 2 aliphatic rings. The minimum Gasteiger partial charge on any atom is -0.444 e. The Balaban J connectivity index is 1.63. The molecule has 0 bridgehead atoms. The number of cyclic esters (lactones) is 1. The van der Waals surface area contributed by atoms with Crippen molar-refractivity contribution in [1.82, 2.24) is 5.06 Å². The molecule has 1 N–H and O–H groups in total. The molecule has 9 nitrogen and oxygen atoms in total. The molecular formula is C21H29F2N3O6. The van der Waals surface area contributed by atoms with Crippen LogP contribution < -0.4 is 9.80 Å². The van der Waals surface area contributed by atoms with E-state index in [9.17, 15) is 18.4 Å². The zero-order valence-electron chi connectivity index (χ0n) is 18.1. The summed E-state index contributed by atoms with van der Waals surface area (Å²) in [7, 11) is 0. The Labute approximate surface area is 185 Å². The van der Waals surface area contributed by atoms with Crippen molar-refractivity contribution in [3.63, 3.8) is 0 Å². The maximum Gasteiger partial charge on any atom is 0.414 e. The number of hydrogen-bond acceptors (Lipinski definition) is 8. The Bertz CT molecular complexity index is 789. The molecule has 1 atom stereocenters. The molecular weight excluding hydrogens is 428 g/mol. The molecule has 0 saturated carbocycles. The fourth-order valence-corrected chi connectivity index (χ4v) is 3.68. The summed E-state index contributed by atoms with van der Waals surface area (Å²) in [5, 5.41) is 10.4. The third-order valence-corrected chi connectivity index (χ3v) is 5.30. The second-order valence-electron chi connectivity index (χ2n) is 7.70. The molecule has 0 aliphatic carbocycles. The summed E-state index contributed by atoms with van der Waals surface area (Å²) >= 11 is 0. The highest BCUT2D eigenvalue weighted by Gasteiger charge is 2.33. The standard InChI is InChI=1S/C21H29F2N3O6/c1-15(28)2-3-17-14-26(21(29)32-17)16-12-18(22)20(19(23)13-16)24-4-5-25(31-10-6-24)7-9-30-11-8-27/h12-13,17,27H,2-11,14H2,1H3/t17-/m0/s1. The van der Waals surface area contributed by atoms with Crippen LogP contribution in [0.4, 0.5) is 25.0 Å². The van der Waals surface area contributed by atoms with Gasteiger partial charge in [-0.2, -0.15) is 5.06 Å². The first-order chi connectivity index (χ1) is 15.4. The number of halogens is 2. The summed E-state index contributed by atoms with van der Waals surface area (Å²) in [5.41, 5.74) is -0.0933. The van der Waals surface area contributed by atoms with Crippen LogP contribution in [0.25, 0.3) is 0 Å². The van der Waals surface area contributed by atoms with E-state index in [1.807, 2.05) is 0 Å². The van der Waals surface area contributed by atoms with E-state index in [-0.39, 0.29) is 49.9 Å². The van der Waals surface area contributed by atoms with Crippen molar-refractivity contribution in [2.45, 2.75) is 25.9 Å². The molecule has 32 heavy (non-hydrogen) atoms. The molecule has 0 unspecified atom stereocenters. The van der Waals surface area contributed by atoms with Gasteiger partial charge in [0, 0.05) is 44.7 Å². The number of ketones is 1. The van der Waals surface area contributed by atoms with E-state index in [4.69, 9.17) is 19.4 Å². The molecule has 3 rings (SSSR count). The SMILES string of the molecule is CC(=O)CC[C@H]1CN(c2cc(F)c(N3CCON(CCOCCO)CC3)c(F)c2)C(=O)O1. The van der Waals surface area contributed by atoms with Gasteiger partial charge < -0.3 is 24.3 Å². The lowest BCUT2D eigenvalue weighted by Gasteiger charge is -2.24. The monoisotopic (exact) mass is 457 g/mol. The Morgan fingerprint density at radius 3 is 2.66 bits per heavy atom. The van der Waals surface area contributed by atoms with E-state index in [0.717, 1.165) is 12.1 Å². The van der Waals surface area contributed by atoms with Crippen LogP contribution in [-0.4, -0.2) is 87.3 Å². The molecule has 0 aromatic heterocycles. The summed E-state index contributed by atoms with van der Waals surface area (Å²) in [6, 6.07) is 2.25. The second-order valence-corrected chi connectivity index (χ2v) is 7.70. The van der Waals surface area contributed by atoms with Gasteiger partial charge in [0.25, 0.3) is 0 Å². The number of hydroxylamine groups is 2. The van der Waals surface area contributed by atoms with Crippen LogP contribution in [-0.2, 0) is 19.1 Å². The number of amides is 1. The Hall–Kier alpha value is -2.34. The van der Waals surface area contributed by atoms with Crippen LogP contribution in [0.5, 0.6) is 0 Å². The van der Waals surface area contributed by atoms with Gasteiger partial charge in [-0.05, 0) is 13.3 Å². The van der Waals surface area contributed by atoms with Crippen molar-refractivity contribution in [2.24, 2.45) is 0 Å². The third-order valence-electron chi connectivity index (χ3n) is 5.30. The average Bonchev–Trinajstić information content (AvgIpc) is 2.96. The molecule has 11 heteroatoms. The number of anilines is 2. The molecule has 0 radical (unpaired) electrons. The molecule has 1 amide bonds. The highest BCUT2D eigenvalue weighted by Crippen LogP contribution is 2.32. The summed E-state index contributed by atoms with van der Waals surface area (Å²) < 4.78 is 40.3. The summed E-state index contributed by atoms with van der Waals surface area (Å²) in [6.45, 7) is 3.91. The first-order valence-electron chi connectivity index (χ1n) is 10.7. The molecule has 2 heterocycles. The highest BCUT2D eigenvalue weighted by atomic mass is 19.1. The first-order valence-corrected chi connectivity index (χ1v) is 10.7.